The van der Waals surface area contributed by atoms with Gasteiger partial charge < -0.3 is 9.47 Å². The topological polar surface area (TPSA) is 48.4 Å². The lowest BCUT2D eigenvalue weighted by atomic mass is 9.74. The Balaban J connectivity index is 1.90. The fourth-order valence-corrected chi connectivity index (χ4v) is 3.98. The van der Waals surface area contributed by atoms with Crippen LogP contribution in [0, 0.1) is 5.41 Å². The molecular weight excluding hydrogens is 362 g/mol. The zero-order valence-electron chi connectivity index (χ0n) is 17.3. The van der Waals surface area contributed by atoms with Crippen molar-refractivity contribution >= 4 is 5.78 Å². The summed E-state index contributed by atoms with van der Waals surface area (Å²) in [6.45, 7) is 4.26. The predicted octanol–water partition coefficient (Wildman–Crippen LogP) is 5.59. The fourth-order valence-electron chi connectivity index (χ4n) is 3.98. The first-order valence-electron chi connectivity index (χ1n) is 9.76. The molecule has 0 saturated carbocycles. The summed E-state index contributed by atoms with van der Waals surface area (Å²) in [6.07, 6.45) is 1.31. The van der Waals surface area contributed by atoms with Gasteiger partial charge in [0.15, 0.2) is 5.78 Å². The van der Waals surface area contributed by atoms with Gasteiger partial charge in [-0.05, 0) is 65.4 Å². The maximum atomic E-state index is 13.1. The van der Waals surface area contributed by atoms with E-state index in [0.717, 1.165) is 51.6 Å². The third-order valence-electron chi connectivity index (χ3n) is 5.45. The number of ketones is 1. The van der Waals surface area contributed by atoms with E-state index in [1.807, 2.05) is 54.6 Å². The van der Waals surface area contributed by atoms with Crippen molar-refractivity contribution in [1.82, 2.24) is 4.98 Å². The van der Waals surface area contributed by atoms with E-state index in [4.69, 9.17) is 14.5 Å². The number of ether oxygens (including phenoxy) is 2. The van der Waals surface area contributed by atoms with Gasteiger partial charge >= 0.3 is 0 Å². The van der Waals surface area contributed by atoms with E-state index in [1.165, 1.54) is 0 Å². The minimum Gasteiger partial charge on any atom is -0.497 e. The summed E-state index contributed by atoms with van der Waals surface area (Å²) in [5, 5.41) is 0. The summed E-state index contributed by atoms with van der Waals surface area (Å²) < 4.78 is 10.6. The molecule has 4 rings (SSSR count). The maximum absolute atomic E-state index is 13.1. The second-order valence-corrected chi connectivity index (χ2v) is 8.27. The van der Waals surface area contributed by atoms with Crippen LogP contribution in [0.5, 0.6) is 11.5 Å². The second-order valence-electron chi connectivity index (χ2n) is 8.27. The van der Waals surface area contributed by atoms with Crippen molar-refractivity contribution in [3.63, 3.8) is 0 Å². The van der Waals surface area contributed by atoms with Crippen molar-refractivity contribution in [3.8, 4) is 33.9 Å². The van der Waals surface area contributed by atoms with Crippen LogP contribution in [0.4, 0.5) is 0 Å². The zero-order chi connectivity index (χ0) is 20.6. The molecule has 0 saturated heterocycles. The molecular formula is C25H25NO3. The summed E-state index contributed by atoms with van der Waals surface area (Å²) in [4.78, 5) is 18.0. The van der Waals surface area contributed by atoms with Crippen LogP contribution in [0.2, 0.25) is 0 Å². The van der Waals surface area contributed by atoms with Crippen LogP contribution < -0.4 is 9.47 Å². The van der Waals surface area contributed by atoms with Crippen molar-refractivity contribution < 1.29 is 14.3 Å². The van der Waals surface area contributed by atoms with E-state index in [2.05, 4.69) is 13.8 Å². The Bertz CT molecular complexity index is 1050. The molecule has 1 aromatic heterocycles. The number of rotatable bonds is 4. The van der Waals surface area contributed by atoms with Crippen molar-refractivity contribution in [2.45, 2.75) is 26.7 Å². The van der Waals surface area contributed by atoms with Crippen molar-refractivity contribution in [1.29, 1.82) is 0 Å². The van der Waals surface area contributed by atoms with Gasteiger partial charge in [-0.25, -0.2) is 0 Å². The SMILES string of the molecule is COc1ccc(-c2cc(-c3ccc(OC)cc3)c3c(n2)CC(C)(C)CC3=O)cc1. The normalized spacial score (nSPS) is 15.0. The lowest BCUT2D eigenvalue weighted by Crippen LogP contribution is -2.28. The van der Waals surface area contributed by atoms with Gasteiger partial charge in [0.2, 0.25) is 0 Å². The lowest BCUT2D eigenvalue weighted by molar-refractivity contribution is 0.0911. The number of aromatic nitrogens is 1. The van der Waals surface area contributed by atoms with E-state index in [-0.39, 0.29) is 11.2 Å². The number of hydrogen-bond donors (Lipinski definition) is 0. The highest BCUT2D eigenvalue weighted by molar-refractivity contribution is 6.05. The first kappa shape index (κ1) is 19.2. The first-order chi connectivity index (χ1) is 13.9. The quantitative estimate of drug-likeness (QED) is 0.586. The summed E-state index contributed by atoms with van der Waals surface area (Å²) in [6, 6.07) is 17.7. The summed E-state index contributed by atoms with van der Waals surface area (Å²) in [5.41, 5.74) is 5.34. The Morgan fingerprint density at radius 2 is 1.38 bits per heavy atom. The Morgan fingerprint density at radius 1 is 0.828 bits per heavy atom. The second kappa shape index (κ2) is 7.36. The van der Waals surface area contributed by atoms with Crippen LogP contribution in [0.25, 0.3) is 22.4 Å². The number of methoxy groups -OCH3 is 2. The van der Waals surface area contributed by atoms with Gasteiger partial charge in [-0.2, -0.15) is 0 Å². The molecule has 0 fully saturated rings. The van der Waals surface area contributed by atoms with Gasteiger partial charge in [0.25, 0.3) is 0 Å². The highest BCUT2D eigenvalue weighted by atomic mass is 16.5. The maximum Gasteiger partial charge on any atom is 0.165 e. The van der Waals surface area contributed by atoms with Gasteiger partial charge in [-0.15, -0.1) is 0 Å². The number of hydrogen-bond acceptors (Lipinski definition) is 4. The molecule has 3 aromatic rings. The summed E-state index contributed by atoms with van der Waals surface area (Å²) in [5.74, 6) is 1.76. The highest BCUT2D eigenvalue weighted by Crippen LogP contribution is 2.40. The number of fused-ring (bicyclic) bond motifs is 1. The van der Waals surface area contributed by atoms with Gasteiger partial charge in [-0.1, -0.05) is 26.0 Å². The van der Waals surface area contributed by atoms with E-state index in [1.54, 1.807) is 14.2 Å². The van der Waals surface area contributed by atoms with Crippen LogP contribution in [0.1, 0.15) is 36.3 Å². The standard InChI is InChI=1S/C25H25NO3/c1-25(2)14-22-24(23(27)15-25)20(16-5-9-18(28-3)10-6-16)13-21(26-22)17-7-11-19(29-4)12-8-17/h5-13H,14-15H2,1-4H3. The predicted molar refractivity (Wildman–Crippen MR) is 115 cm³/mol. The Morgan fingerprint density at radius 3 is 1.93 bits per heavy atom. The van der Waals surface area contributed by atoms with Crippen LogP contribution in [-0.4, -0.2) is 25.0 Å². The molecule has 0 N–H and O–H groups in total. The molecule has 0 aliphatic heterocycles. The molecule has 1 heterocycles. The average Bonchev–Trinajstić information content (AvgIpc) is 2.72. The van der Waals surface area contributed by atoms with E-state index >= 15 is 0 Å². The third kappa shape index (κ3) is 3.75. The Kier molecular flexibility index (Phi) is 4.87. The number of carbonyl (C=O) groups excluding carboxylic acids is 1. The van der Waals surface area contributed by atoms with Crippen LogP contribution in [0.3, 0.4) is 0 Å². The van der Waals surface area contributed by atoms with Crippen LogP contribution in [0.15, 0.2) is 54.6 Å². The number of benzene rings is 2. The van der Waals surface area contributed by atoms with Crippen molar-refractivity contribution in [2.75, 3.05) is 14.2 Å². The van der Waals surface area contributed by atoms with Gasteiger partial charge in [0.05, 0.1) is 25.6 Å². The summed E-state index contributed by atoms with van der Waals surface area (Å²) >= 11 is 0. The molecule has 0 unspecified atom stereocenters. The molecule has 4 nitrogen and oxygen atoms in total. The van der Waals surface area contributed by atoms with E-state index in [0.29, 0.717) is 6.42 Å². The first-order valence-corrected chi connectivity index (χ1v) is 9.76. The molecule has 1 aliphatic carbocycles. The molecule has 148 valence electrons. The molecule has 0 atom stereocenters. The molecule has 2 aromatic carbocycles. The molecule has 0 spiro atoms. The monoisotopic (exact) mass is 387 g/mol. The number of Topliss-reactive ketones (excluding diaryl/α,β-unsaturated/α-hetero) is 1. The highest BCUT2D eigenvalue weighted by Gasteiger charge is 2.34. The number of carbonyl (C=O) groups is 1. The van der Waals surface area contributed by atoms with Gasteiger partial charge in [0.1, 0.15) is 11.5 Å². The molecule has 0 bridgehead atoms. The third-order valence-corrected chi connectivity index (χ3v) is 5.45. The molecule has 0 amide bonds. The Labute approximate surface area is 171 Å². The molecule has 4 heteroatoms. The lowest BCUT2D eigenvalue weighted by Gasteiger charge is -2.31. The number of nitrogens with zero attached hydrogens (tertiary/aromatic N) is 1. The minimum absolute atomic E-state index is 0.0905. The van der Waals surface area contributed by atoms with Crippen LogP contribution in [-0.2, 0) is 6.42 Å². The van der Waals surface area contributed by atoms with Crippen LogP contribution >= 0.6 is 0 Å². The summed E-state index contributed by atoms with van der Waals surface area (Å²) in [7, 11) is 3.30. The molecule has 0 radical (unpaired) electrons. The largest absolute Gasteiger partial charge is 0.497 e. The van der Waals surface area contributed by atoms with Crippen molar-refractivity contribution in [2.24, 2.45) is 5.41 Å². The average molecular weight is 387 g/mol. The van der Waals surface area contributed by atoms with Gasteiger partial charge in [0, 0.05) is 17.5 Å². The Hall–Kier alpha value is -3.14. The van der Waals surface area contributed by atoms with Crippen molar-refractivity contribution in [3.05, 3.63) is 65.9 Å². The fraction of sp³-hybridized carbons (Fsp3) is 0.280. The molecule has 29 heavy (non-hydrogen) atoms. The van der Waals surface area contributed by atoms with E-state index in [9.17, 15) is 4.79 Å². The van der Waals surface area contributed by atoms with E-state index < -0.39 is 0 Å². The van der Waals surface area contributed by atoms with Gasteiger partial charge in [-0.3, -0.25) is 9.78 Å². The number of pyridine rings is 1. The zero-order valence-corrected chi connectivity index (χ0v) is 17.3. The smallest absolute Gasteiger partial charge is 0.165 e. The minimum atomic E-state index is -0.0905. The molecule has 1 aliphatic rings.